The molecule has 3 N–H and O–H groups in total. The van der Waals surface area contributed by atoms with Gasteiger partial charge in [0.05, 0.1) is 31.7 Å². The van der Waals surface area contributed by atoms with Crippen LogP contribution in [0.2, 0.25) is 0 Å². The zero-order valence-electron chi connectivity index (χ0n) is 17.4. The van der Waals surface area contributed by atoms with E-state index in [1.807, 2.05) is 0 Å². The highest BCUT2D eigenvalue weighted by atomic mass is 16.5. The monoisotopic (exact) mass is 413 g/mol. The van der Waals surface area contributed by atoms with Gasteiger partial charge in [0.15, 0.2) is 0 Å². The number of carboxylic acids is 2. The molecule has 2 rings (SSSR count). The SMILES string of the molecule is COCCOCC(CCC1(C(=O)NC2CCC(C(=O)O)CC2)CCCC1)C(=O)O. The molecule has 2 saturated carbocycles. The summed E-state index contributed by atoms with van der Waals surface area (Å²) in [5.41, 5.74) is -0.510. The molecule has 0 heterocycles. The molecule has 0 aromatic carbocycles. The number of hydrogen-bond donors (Lipinski definition) is 3. The smallest absolute Gasteiger partial charge is 0.308 e. The molecule has 0 aromatic heterocycles. The largest absolute Gasteiger partial charge is 0.481 e. The van der Waals surface area contributed by atoms with Gasteiger partial charge in [-0.1, -0.05) is 12.8 Å². The van der Waals surface area contributed by atoms with Gasteiger partial charge in [0.25, 0.3) is 0 Å². The molecule has 0 aliphatic heterocycles. The van der Waals surface area contributed by atoms with E-state index in [1.54, 1.807) is 7.11 Å². The molecular formula is C21H35NO7. The van der Waals surface area contributed by atoms with E-state index < -0.39 is 23.3 Å². The molecule has 0 radical (unpaired) electrons. The maximum atomic E-state index is 13.1. The number of aliphatic carboxylic acids is 2. The van der Waals surface area contributed by atoms with E-state index >= 15 is 0 Å². The van der Waals surface area contributed by atoms with E-state index in [1.165, 1.54) is 0 Å². The normalized spacial score (nSPS) is 24.7. The van der Waals surface area contributed by atoms with Crippen LogP contribution in [0.5, 0.6) is 0 Å². The summed E-state index contributed by atoms with van der Waals surface area (Å²) in [5, 5.41) is 21.8. The Kier molecular flexibility index (Phi) is 9.36. The van der Waals surface area contributed by atoms with Gasteiger partial charge in [-0.2, -0.15) is 0 Å². The summed E-state index contributed by atoms with van der Waals surface area (Å²) >= 11 is 0. The molecule has 166 valence electrons. The Bertz CT molecular complexity index is 551. The first-order valence-electron chi connectivity index (χ1n) is 10.7. The van der Waals surface area contributed by atoms with Crippen LogP contribution >= 0.6 is 0 Å². The topological polar surface area (TPSA) is 122 Å². The summed E-state index contributed by atoms with van der Waals surface area (Å²) in [6.07, 6.45) is 6.99. The molecule has 2 fully saturated rings. The minimum absolute atomic E-state index is 0.0122. The molecule has 8 heteroatoms. The third kappa shape index (κ3) is 6.96. The highest BCUT2D eigenvalue weighted by molar-refractivity contribution is 5.83. The van der Waals surface area contributed by atoms with Crippen LogP contribution in [0.3, 0.4) is 0 Å². The van der Waals surface area contributed by atoms with E-state index in [4.69, 9.17) is 14.6 Å². The second-order valence-corrected chi connectivity index (χ2v) is 8.49. The van der Waals surface area contributed by atoms with E-state index in [0.29, 0.717) is 51.7 Å². The quantitative estimate of drug-likeness (QED) is 0.420. The van der Waals surface area contributed by atoms with Gasteiger partial charge >= 0.3 is 11.9 Å². The summed E-state index contributed by atoms with van der Waals surface area (Å²) in [6, 6.07) is 0.0169. The Morgan fingerprint density at radius 1 is 1.07 bits per heavy atom. The van der Waals surface area contributed by atoms with Crippen molar-refractivity contribution < 1.29 is 34.1 Å². The highest BCUT2D eigenvalue weighted by Crippen LogP contribution is 2.43. The van der Waals surface area contributed by atoms with Crippen molar-refractivity contribution in [1.29, 1.82) is 0 Å². The maximum Gasteiger partial charge on any atom is 0.308 e. The van der Waals surface area contributed by atoms with Crippen LogP contribution in [-0.4, -0.2) is 61.0 Å². The average Bonchev–Trinajstić information content (AvgIpc) is 3.18. The first kappa shape index (κ1) is 23.6. The molecule has 29 heavy (non-hydrogen) atoms. The number of carbonyl (C=O) groups excluding carboxylic acids is 1. The minimum Gasteiger partial charge on any atom is -0.481 e. The van der Waals surface area contributed by atoms with Crippen LogP contribution in [0.15, 0.2) is 0 Å². The van der Waals surface area contributed by atoms with Gasteiger partial charge in [0, 0.05) is 18.6 Å². The van der Waals surface area contributed by atoms with Crippen LogP contribution in [-0.2, 0) is 23.9 Å². The zero-order valence-corrected chi connectivity index (χ0v) is 17.4. The van der Waals surface area contributed by atoms with Crippen LogP contribution in [0, 0.1) is 17.3 Å². The molecule has 0 saturated heterocycles. The van der Waals surface area contributed by atoms with Crippen molar-refractivity contribution in [2.45, 2.75) is 70.3 Å². The van der Waals surface area contributed by atoms with Crippen molar-refractivity contribution in [3.63, 3.8) is 0 Å². The van der Waals surface area contributed by atoms with Gasteiger partial charge in [0.1, 0.15) is 0 Å². The van der Waals surface area contributed by atoms with Crippen LogP contribution < -0.4 is 5.32 Å². The maximum absolute atomic E-state index is 13.1. The first-order chi connectivity index (χ1) is 13.9. The lowest BCUT2D eigenvalue weighted by atomic mass is 9.77. The zero-order chi connectivity index (χ0) is 21.3. The van der Waals surface area contributed by atoms with Gasteiger partial charge < -0.3 is 25.0 Å². The Balaban J connectivity index is 1.88. The second kappa shape index (κ2) is 11.5. The minimum atomic E-state index is -0.900. The van der Waals surface area contributed by atoms with E-state index in [-0.39, 0.29) is 24.5 Å². The number of amides is 1. The van der Waals surface area contributed by atoms with Crippen molar-refractivity contribution in [2.75, 3.05) is 26.9 Å². The van der Waals surface area contributed by atoms with Crippen LogP contribution in [0.4, 0.5) is 0 Å². The van der Waals surface area contributed by atoms with Gasteiger partial charge in [-0.25, -0.2) is 0 Å². The fraction of sp³-hybridized carbons (Fsp3) is 0.857. The highest BCUT2D eigenvalue weighted by Gasteiger charge is 2.42. The number of methoxy groups -OCH3 is 1. The van der Waals surface area contributed by atoms with Crippen LogP contribution in [0.25, 0.3) is 0 Å². The second-order valence-electron chi connectivity index (χ2n) is 8.49. The fourth-order valence-electron chi connectivity index (χ4n) is 4.56. The summed E-state index contributed by atoms with van der Waals surface area (Å²) in [5.74, 6) is -2.59. The van der Waals surface area contributed by atoms with Crippen molar-refractivity contribution in [1.82, 2.24) is 5.32 Å². The van der Waals surface area contributed by atoms with Gasteiger partial charge in [0.2, 0.25) is 5.91 Å². The van der Waals surface area contributed by atoms with E-state index in [2.05, 4.69) is 5.32 Å². The number of carbonyl (C=O) groups is 3. The molecule has 1 unspecified atom stereocenters. The fourth-order valence-corrected chi connectivity index (χ4v) is 4.56. The molecular weight excluding hydrogens is 378 g/mol. The Hall–Kier alpha value is -1.67. The van der Waals surface area contributed by atoms with E-state index in [0.717, 1.165) is 25.7 Å². The predicted octanol–water partition coefficient (Wildman–Crippen LogP) is 2.45. The summed E-state index contributed by atoms with van der Waals surface area (Å²) in [4.78, 5) is 35.8. The number of rotatable bonds is 12. The number of carboxylic acid groups (broad SMARTS) is 2. The third-order valence-electron chi connectivity index (χ3n) is 6.53. The van der Waals surface area contributed by atoms with E-state index in [9.17, 15) is 19.5 Å². The van der Waals surface area contributed by atoms with Crippen molar-refractivity contribution in [2.24, 2.45) is 17.3 Å². The predicted molar refractivity (Wildman–Crippen MR) is 105 cm³/mol. The molecule has 0 spiro atoms. The van der Waals surface area contributed by atoms with Gasteiger partial charge in [-0.15, -0.1) is 0 Å². The van der Waals surface area contributed by atoms with Crippen molar-refractivity contribution >= 4 is 17.8 Å². The lowest BCUT2D eigenvalue weighted by Crippen LogP contribution is -2.46. The third-order valence-corrected chi connectivity index (χ3v) is 6.53. The lowest BCUT2D eigenvalue weighted by molar-refractivity contribution is -0.146. The molecule has 1 atom stereocenters. The summed E-state index contributed by atoms with van der Waals surface area (Å²) in [6.45, 7) is 0.892. The van der Waals surface area contributed by atoms with Crippen LogP contribution in [0.1, 0.15) is 64.2 Å². The van der Waals surface area contributed by atoms with Gasteiger partial charge in [-0.3, -0.25) is 14.4 Å². The standard InChI is InChI=1S/C21H35NO7/c1-28-12-13-29-14-16(19(25)26)8-11-21(9-2-3-10-21)20(27)22-17-6-4-15(5-7-17)18(23)24/h15-17H,2-14H2,1H3,(H,22,27)(H,23,24)(H,25,26). The van der Waals surface area contributed by atoms with Gasteiger partial charge in [-0.05, 0) is 51.4 Å². The number of hydrogen-bond acceptors (Lipinski definition) is 5. The van der Waals surface area contributed by atoms with Crippen molar-refractivity contribution in [3.05, 3.63) is 0 Å². The summed E-state index contributed by atoms with van der Waals surface area (Å²) < 4.78 is 10.3. The Morgan fingerprint density at radius 2 is 1.72 bits per heavy atom. The van der Waals surface area contributed by atoms with Crippen molar-refractivity contribution in [3.8, 4) is 0 Å². The molecule has 1 amide bonds. The summed E-state index contributed by atoms with van der Waals surface area (Å²) in [7, 11) is 1.56. The number of nitrogens with one attached hydrogen (secondary N) is 1. The first-order valence-corrected chi connectivity index (χ1v) is 10.7. The molecule has 0 bridgehead atoms. The Labute approximate surface area is 172 Å². The number of ether oxygens (including phenoxy) is 2. The molecule has 2 aliphatic rings. The molecule has 2 aliphatic carbocycles. The Morgan fingerprint density at radius 3 is 2.28 bits per heavy atom. The molecule has 0 aromatic rings. The average molecular weight is 414 g/mol. The lowest BCUT2D eigenvalue weighted by Gasteiger charge is -2.33. The molecule has 8 nitrogen and oxygen atoms in total.